The van der Waals surface area contributed by atoms with E-state index in [0.29, 0.717) is 16.9 Å². The second-order valence-electron chi connectivity index (χ2n) is 7.01. The number of imidazole rings is 1. The number of aromatic nitrogens is 4. The number of carbonyl (C=O) groups excluding carboxylic acids is 1. The van der Waals surface area contributed by atoms with Gasteiger partial charge < -0.3 is 20.4 Å². The van der Waals surface area contributed by atoms with Crippen molar-refractivity contribution in [2.45, 2.75) is 25.7 Å². The van der Waals surface area contributed by atoms with Gasteiger partial charge in [-0.25, -0.2) is 4.98 Å². The second-order valence-corrected chi connectivity index (χ2v) is 7.83. The topological polar surface area (TPSA) is 117 Å². The Morgan fingerprint density at radius 3 is 2.68 bits per heavy atom. The zero-order valence-electron chi connectivity index (χ0n) is 17.4. The Hall–Kier alpha value is -3.38. The minimum atomic E-state index is -4.51. The maximum absolute atomic E-state index is 13.0. The van der Waals surface area contributed by atoms with Gasteiger partial charge in [-0.3, -0.25) is 14.8 Å². The molecule has 1 atom stereocenters. The molecule has 3 N–H and O–H groups in total. The number of dihydropyridines is 1. The number of amides is 1. The van der Waals surface area contributed by atoms with Crippen LogP contribution in [0.4, 0.5) is 24.8 Å². The smallest absolute Gasteiger partial charge is 0.412 e. The Bertz CT molecular complexity index is 1290. The molecule has 0 bridgehead atoms. The molecule has 1 amide bonds. The number of alkyl halides is 3. The maximum Gasteiger partial charge on any atom is 0.412 e. The predicted molar refractivity (Wildman–Crippen MR) is 121 cm³/mol. The van der Waals surface area contributed by atoms with Crippen molar-refractivity contribution in [2.75, 3.05) is 11.9 Å². The number of aromatic amines is 1. The standard InChI is InChI=1S/C20H16Cl2F3N7O2/c1-2-34-18-10(17(33)29-14-5-9(3-4-27-14)20(23,24)25)6-13-16(31-18)32-19(28-13)30-15-11(21)7-26-8-12(15)22/h3-4,6-8,14H,2,5H2,1H3,(H,29,33)(H2,26,28,30,31,32). The van der Waals surface area contributed by atoms with E-state index >= 15 is 0 Å². The van der Waals surface area contributed by atoms with Gasteiger partial charge in [-0.1, -0.05) is 23.2 Å². The number of carbonyl (C=O) groups is 1. The number of allylic oxidation sites excluding steroid dienone is 1. The monoisotopic (exact) mass is 513 g/mol. The number of aliphatic imine (C=N–C) groups is 1. The molecule has 0 radical (unpaired) electrons. The highest BCUT2D eigenvalue weighted by atomic mass is 35.5. The molecular weight excluding hydrogens is 498 g/mol. The molecule has 0 saturated heterocycles. The molecule has 1 aliphatic heterocycles. The van der Waals surface area contributed by atoms with Crippen molar-refractivity contribution in [1.29, 1.82) is 0 Å². The van der Waals surface area contributed by atoms with Crippen LogP contribution in [0.3, 0.4) is 0 Å². The number of pyridine rings is 2. The molecular formula is C20H16Cl2F3N7O2. The van der Waals surface area contributed by atoms with E-state index in [1.54, 1.807) is 6.92 Å². The average molecular weight is 514 g/mol. The summed E-state index contributed by atoms with van der Waals surface area (Å²) in [5.41, 5.74) is 0.153. The zero-order chi connectivity index (χ0) is 24.5. The molecule has 0 aromatic carbocycles. The summed E-state index contributed by atoms with van der Waals surface area (Å²) in [5.74, 6) is -0.496. The summed E-state index contributed by atoms with van der Waals surface area (Å²) in [5, 5.41) is 5.92. The number of halogens is 5. The molecule has 14 heteroatoms. The maximum atomic E-state index is 13.0. The number of anilines is 2. The lowest BCUT2D eigenvalue weighted by molar-refractivity contribution is -0.0947. The molecule has 3 aromatic rings. The molecule has 178 valence electrons. The van der Waals surface area contributed by atoms with Crippen LogP contribution in [0, 0.1) is 0 Å². The number of ether oxygens (including phenoxy) is 1. The second kappa shape index (κ2) is 9.47. The minimum absolute atomic E-state index is 0.00862. The summed E-state index contributed by atoms with van der Waals surface area (Å²) in [7, 11) is 0. The van der Waals surface area contributed by atoms with Gasteiger partial charge in [0.2, 0.25) is 11.8 Å². The number of nitrogens with one attached hydrogen (secondary N) is 3. The van der Waals surface area contributed by atoms with E-state index in [9.17, 15) is 18.0 Å². The van der Waals surface area contributed by atoms with E-state index in [4.69, 9.17) is 27.9 Å². The summed E-state index contributed by atoms with van der Waals surface area (Å²) >= 11 is 12.2. The molecule has 34 heavy (non-hydrogen) atoms. The van der Waals surface area contributed by atoms with Gasteiger partial charge in [0.1, 0.15) is 17.2 Å². The van der Waals surface area contributed by atoms with Crippen molar-refractivity contribution in [2.24, 2.45) is 4.99 Å². The summed E-state index contributed by atoms with van der Waals surface area (Å²) in [6.07, 6.45) is -1.39. The van der Waals surface area contributed by atoms with Crippen molar-refractivity contribution >= 4 is 58.1 Å². The fraction of sp³-hybridized carbons (Fsp3) is 0.250. The number of rotatable bonds is 6. The van der Waals surface area contributed by atoms with Crippen LogP contribution < -0.4 is 15.4 Å². The van der Waals surface area contributed by atoms with E-state index in [-0.39, 0.29) is 34.0 Å². The molecule has 0 aliphatic carbocycles. The first-order chi connectivity index (χ1) is 16.2. The predicted octanol–water partition coefficient (Wildman–Crippen LogP) is 4.82. The highest BCUT2D eigenvalue weighted by Crippen LogP contribution is 2.32. The largest absolute Gasteiger partial charge is 0.477 e. The third-order valence-corrected chi connectivity index (χ3v) is 5.25. The van der Waals surface area contributed by atoms with Gasteiger partial charge >= 0.3 is 6.18 Å². The van der Waals surface area contributed by atoms with Crippen molar-refractivity contribution < 1.29 is 22.7 Å². The fourth-order valence-corrected chi connectivity index (χ4v) is 3.59. The first kappa shape index (κ1) is 23.8. The van der Waals surface area contributed by atoms with Crippen LogP contribution in [0.2, 0.25) is 10.0 Å². The lowest BCUT2D eigenvalue weighted by atomic mass is 10.1. The summed E-state index contributed by atoms with van der Waals surface area (Å²) < 4.78 is 44.5. The van der Waals surface area contributed by atoms with Crippen LogP contribution in [0.1, 0.15) is 23.7 Å². The molecule has 1 unspecified atom stereocenters. The molecule has 0 spiro atoms. The first-order valence-corrected chi connectivity index (χ1v) is 10.6. The van der Waals surface area contributed by atoms with Crippen LogP contribution in [0.5, 0.6) is 5.88 Å². The van der Waals surface area contributed by atoms with Crippen molar-refractivity contribution in [3.8, 4) is 5.88 Å². The zero-order valence-corrected chi connectivity index (χ0v) is 18.9. The number of hydrogen-bond acceptors (Lipinski definition) is 7. The van der Waals surface area contributed by atoms with Crippen molar-refractivity contribution in [3.63, 3.8) is 0 Å². The van der Waals surface area contributed by atoms with E-state index < -0.39 is 30.2 Å². The quantitative estimate of drug-likeness (QED) is 0.434. The normalized spacial score (nSPS) is 15.8. The molecule has 9 nitrogen and oxygen atoms in total. The third kappa shape index (κ3) is 5.07. The number of fused-ring (bicyclic) bond motifs is 1. The van der Waals surface area contributed by atoms with Gasteiger partial charge in [0, 0.05) is 30.6 Å². The highest BCUT2D eigenvalue weighted by molar-refractivity contribution is 6.39. The van der Waals surface area contributed by atoms with E-state index in [1.165, 1.54) is 18.5 Å². The molecule has 1 aliphatic rings. The van der Waals surface area contributed by atoms with Gasteiger partial charge in [0.05, 0.1) is 22.3 Å². The van der Waals surface area contributed by atoms with E-state index in [0.717, 1.165) is 12.3 Å². The molecule has 0 fully saturated rings. The van der Waals surface area contributed by atoms with Gasteiger partial charge in [0.15, 0.2) is 5.65 Å². The van der Waals surface area contributed by atoms with Crippen LogP contribution in [0.25, 0.3) is 11.2 Å². The SMILES string of the molecule is CCOc1nc2[nH]c(Nc3c(Cl)cncc3Cl)nc2cc1C(=O)NC1CC(C(F)(F)F)=CC=N1. The van der Waals surface area contributed by atoms with Gasteiger partial charge in [-0.2, -0.15) is 18.2 Å². The number of nitrogens with zero attached hydrogens (tertiary/aromatic N) is 4. The van der Waals surface area contributed by atoms with Crippen LogP contribution >= 0.6 is 23.2 Å². The Kier molecular flexibility index (Phi) is 6.62. The van der Waals surface area contributed by atoms with Crippen LogP contribution in [-0.2, 0) is 0 Å². The van der Waals surface area contributed by atoms with Crippen molar-refractivity contribution in [3.05, 3.63) is 45.7 Å². The van der Waals surface area contributed by atoms with Crippen LogP contribution in [-0.4, -0.2) is 51.0 Å². The molecule has 4 heterocycles. The number of hydrogen-bond donors (Lipinski definition) is 3. The summed E-state index contributed by atoms with van der Waals surface area (Å²) in [4.78, 5) is 32.2. The highest BCUT2D eigenvalue weighted by Gasteiger charge is 2.36. The third-order valence-electron chi connectivity index (χ3n) is 4.68. The summed E-state index contributed by atoms with van der Waals surface area (Å²) in [6, 6.07) is 1.41. The molecule has 3 aromatic heterocycles. The lowest BCUT2D eigenvalue weighted by Crippen LogP contribution is -2.36. The van der Waals surface area contributed by atoms with Crippen LogP contribution in [0.15, 0.2) is 35.1 Å². The van der Waals surface area contributed by atoms with Gasteiger partial charge in [-0.05, 0) is 19.1 Å². The lowest BCUT2D eigenvalue weighted by Gasteiger charge is -2.21. The van der Waals surface area contributed by atoms with Gasteiger partial charge in [-0.15, -0.1) is 0 Å². The Morgan fingerprint density at radius 1 is 1.26 bits per heavy atom. The molecule has 4 rings (SSSR count). The van der Waals surface area contributed by atoms with Crippen molar-refractivity contribution in [1.82, 2.24) is 25.3 Å². The first-order valence-electron chi connectivity index (χ1n) is 9.85. The minimum Gasteiger partial charge on any atom is -0.477 e. The Morgan fingerprint density at radius 2 is 2.00 bits per heavy atom. The van der Waals surface area contributed by atoms with E-state index in [1.807, 2.05) is 0 Å². The Labute approximate surface area is 200 Å². The molecule has 0 saturated carbocycles. The Balaban J connectivity index is 1.60. The van der Waals surface area contributed by atoms with E-state index in [2.05, 4.69) is 35.6 Å². The summed E-state index contributed by atoms with van der Waals surface area (Å²) in [6.45, 7) is 1.90. The number of H-pyrrole nitrogens is 1. The average Bonchev–Trinajstić information content (AvgIpc) is 3.17. The van der Waals surface area contributed by atoms with Gasteiger partial charge in [0.25, 0.3) is 5.91 Å². The fourth-order valence-electron chi connectivity index (χ4n) is 3.13.